The normalized spacial score (nSPS) is 11.6. The first-order valence-electron chi connectivity index (χ1n) is 22.9. The van der Waals surface area contributed by atoms with Crippen molar-refractivity contribution < 1.29 is 4.42 Å². The van der Waals surface area contributed by atoms with Gasteiger partial charge in [-0.15, -0.1) is 0 Å². The third-order valence-corrected chi connectivity index (χ3v) is 13.4. The summed E-state index contributed by atoms with van der Waals surface area (Å²) in [7, 11) is 0. The Balaban J connectivity index is 0.988. The molecule has 0 aliphatic heterocycles. The maximum absolute atomic E-state index is 6.38. The summed E-state index contributed by atoms with van der Waals surface area (Å²) in [6, 6.07) is 92.1. The van der Waals surface area contributed by atoms with Gasteiger partial charge in [0.25, 0.3) is 0 Å². The molecule has 0 unspecified atom stereocenters. The van der Waals surface area contributed by atoms with Crippen molar-refractivity contribution in [1.82, 2.24) is 4.57 Å². The molecule has 11 aromatic carbocycles. The lowest BCUT2D eigenvalue weighted by atomic mass is 9.95. The highest BCUT2D eigenvalue weighted by molar-refractivity contribution is 6.13. The lowest BCUT2D eigenvalue weighted by molar-refractivity contribution is 0.669. The zero-order chi connectivity index (χ0) is 44.3. The molecule has 0 aliphatic carbocycles. The van der Waals surface area contributed by atoms with Crippen molar-refractivity contribution in [1.29, 1.82) is 0 Å². The SMILES string of the molecule is c1ccc(-c2ccc(-c3ccc4ccccc4c3)cc2N(c2ccc(-c3cccc(-n4c5ccccc5c5ccccc54)c3)cc2)c2cccc(-c3cccc4oc5ccccc5c34)c2)cc1. The van der Waals surface area contributed by atoms with Crippen LogP contribution >= 0.6 is 0 Å². The van der Waals surface area contributed by atoms with Gasteiger partial charge in [0.05, 0.1) is 16.7 Å². The van der Waals surface area contributed by atoms with Crippen LogP contribution in [0.25, 0.3) is 105 Å². The number of furan rings is 1. The largest absolute Gasteiger partial charge is 0.456 e. The summed E-state index contributed by atoms with van der Waals surface area (Å²) in [4.78, 5) is 2.43. The molecule has 13 rings (SSSR count). The van der Waals surface area contributed by atoms with Crippen LogP contribution in [0.5, 0.6) is 0 Å². The molecule has 0 N–H and O–H groups in total. The molecule has 3 heteroatoms. The van der Waals surface area contributed by atoms with Gasteiger partial charge in [0.1, 0.15) is 11.2 Å². The topological polar surface area (TPSA) is 21.3 Å². The summed E-state index contributed by atoms with van der Waals surface area (Å²) >= 11 is 0. The number of benzene rings is 11. The highest BCUT2D eigenvalue weighted by atomic mass is 16.3. The molecule has 0 atom stereocenters. The van der Waals surface area contributed by atoms with E-state index < -0.39 is 0 Å². The Labute approximate surface area is 388 Å². The fraction of sp³-hybridized carbons (Fsp3) is 0. The second-order valence-electron chi connectivity index (χ2n) is 17.3. The van der Waals surface area contributed by atoms with E-state index in [-0.39, 0.29) is 0 Å². The number of anilines is 3. The van der Waals surface area contributed by atoms with E-state index in [0.29, 0.717) is 0 Å². The molecule has 2 aromatic heterocycles. The number of rotatable bonds is 8. The Hall–Kier alpha value is -8.92. The number of aromatic nitrogens is 1. The average Bonchev–Trinajstić information content (AvgIpc) is 3.95. The average molecular weight is 855 g/mol. The summed E-state index contributed by atoms with van der Waals surface area (Å²) in [5, 5.41) is 7.20. The number of hydrogen-bond acceptors (Lipinski definition) is 2. The van der Waals surface area contributed by atoms with Gasteiger partial charge in [-0.05, 0) is 123 Å². The molecule has 0 aliphatic rings. The molecular formula is C64H42N2O. The first-order valence-corrected chi connectivity index (χ1v) is 22.9. The molecule has 13 aromatic rings. The third-order valence-electron chi connectivity index (χ3n) is 13.4. The van der Waals surface area contributed by atoms with E-state index in [2.05, 4.69) is 258 Å². The van der Waals surface area contributed by atoms with Crippen LogP contribution in [0.2, 0.25) is 0 Å². The fourth-order valence-corrected chi connectivity index (χ4v) is 10.2. The highest BCUT2D eigenvalue weighted by Crippen LogP contribution is 2.46. The van der Waals surface area contributed by atoms with Gasteiger partial charge >= 0.3 is 0 Å². The Morgan fingerprint density at radius 3 is 1.73 bits per heavy atom. The monoisotopic (exact) mass is 854 g/mol. The Kier molecular flexibility index (Phi) is 9.17. The molecule has 67 heavy (non-hydrogen) atoms. The lowest BCUT2D eigenvalue weighted by Crippen LogP contribution is -2.11. The molecule has 0 fully saturated rings. The van der Waals surface area contributed by atoms with Crippen molar-refractivity contribution in [2.24, 2.45) is 0 Å². The van der Waals surface area contributed by atoms with E-state index in [1.807, 2.05) is 6.07 Å². The van der Waals surface area contributed by atoms with Crippen molar-refractivity contribution >= 4 is 71.6 Å². The van der Waals surface area contributed by atoms with Gasteiger partial charge in [-0.1, -0.05) is 182 Å². The Morgan fingerprint density at radius 1 is 0.313 bits per heavy atom. The fourth-order valence-electron chi connectivity index (χ4n) is 10.2. The van der Waals surface area contributed by atoms with Crippen molar-refractivity contribution in [3.05, 3.63) is 255 Å². The van der Waals surface area contributed by atoms with Crippen LogP contribution in [0.1, 0.15) is 0 Å². The van der Waals surface area contributed by atoms with Crippen LogP contribution in [0.15, 0.2) is 259 Å². The van der Waals surface area contributed by atoms with Crippen LogP contribution in [0.3, 0.4) is 0 Å². The number of hydrogen-bond donors (Lipinski definition) is 0. The third kappa shape index (κ3) is 6.67. The lowest BCUT2D eigenvalue weighted by Gasteiger charge is -2.29. The van der Waals surface area contributed by atoms with Gasteiger partial charge in [0.15, 0.2) is 0 Å². The minimum atomic E-state index is 0.883. The number of nitrogens with zero attached hydrogens (tertiary/aromatic N) is 2. The molecule has 2 heterocycles. The van der Waals surface area contributed by atoms with Crippen molar-refractivity contribution in [2.75, 3.05) is 4.90 Å². The van der Waals surface area contributed by atoms with Crippen LogP contribution in [-0.4, -0.2) is 4.57 Å². The first kappa shape index (κ1) is 38.5. The van der Waals surface area contributed by atoms with Crippen LogP contribution < -0.4 is 4.90 Å². The summed E-state index contributed by atoms with van der Waals surface area (Å²) in [6.45, 7) is 0. The molecule has 0 spiro atoms. The second-order valence-corrected chi connectivity index (χ2v) is 17.3. The van der Waals surface area contributed by atoms with Gasteiger partial charge in [-0.2, -0.15) is 0 Å². The van der Waals surface area contributed by atoms with Gasteiger partial charge in [0.2, 0.25) is 0 Å². The summed E-state index contributed by atoms with van der Waals surface area (Å²) < 4.78 is 8.77. The maximum atomic E-state index is 6.38. The number of para-hydroxylation sites is 3. The zero-order valence-electron chi connectivity index (χ0n) is 36.6. The minimum Gasteiger partial charge on any atom is -0.456 e. The summed E-state index contributed by atoms with van der Waals surface area (Å²) in [6.07, 6.45) is 0. The molecule has 0 amide bonds. The Morgan fingerprint density at radius 2 is 0.910 bits per heavy atom. The van der Waals surface area contributed by atoms with E-state index >= 15 is 0 Å². The highest BCUT2D eigenvalue weighted by Gasteiger charge is 2.21. The van der Waals surface area contributed by atoms with Crippen LogP contribution in [0.4, 0.5) is 17.1 Å². The van der Waals surface area contributed by atoms with E-state index in [0.717, 1.165) is 83.6 Å². The number of fused-ring (bicyclic) bond motifs is 7. The first-order chi connectivity index (χ1) is 33.2. The van der Waals surface area contributed by atoms with Gasteiger partial charge < -0.3 is 13.9 Å². The van der Waals surface area contributed by atoms with Crippen molar-refractivity contribution in [3.8, 4) is 50.2 Å². The molecule has 0 bridgehead atoms. The quantitative estimate of drug-likeness (QED) is 0.152. The smallest absolute Gasteiger partial charge is 0.136 e. The molecule has 0 saturated carbocycles. The van der Waals surface area contributed by atoms with Crippen molar-refractivity contribution in [3.63, 3.8) is 0 Å². The molecule has 0 saturated heterocycles. The van der Waals surface area contributed by atoms with Crippen molar-refractivity contribution in [2.45, 2.75) is 0 Å². The predicted octanol–water partition coefficient (Wildman–Crippen LogP) is 18.0. The van der Waals surface area contributed by atoms with E-state index in [9.17, 15) is 0 Å². The maximum Gasteiger partial charge on any atom is 0.136 e. The molecule has 0 radical (unpaired) electrons. The second kappa shape index (κ2) is 16.0. The molecule has 314 valence electrons. The zero-order valence-corrected chi connectivity index (χ0v) is 36.6. The van der Waals surface area contributed by atoms with Gasteiger partial charge in [-0.3, -0.25) is 0 Å². The van der Waals surface area contributed by atoms with E-state index in [1.54, 1.807) is 0 Å². The van der Waals surface area contributed by atoms with Gasteiger partial charge in [0, 0.05) is 44.2 Å². The van der Waals surface area contributed by atoms with E-state index in [4.69, 9.17) is 4.42 Å². The van der Waals surface area contributed by atoms with Crippen LogP contribution in [0, 0.1) is 0 Å². The Bertz CT molecular complexity index is 3940. The molecular weight excluding hydrogens is 813 g/mol. The summed E-state index contributed by atoms with van der Waals surface area (Å²) in [5.74, 6) is 0. The van der Waals surface area contributed by atoms with Crippen LogP contribution in [-0.2, 0) is 0 Å². The van der Waals surface area contributed by atoms with Gasteiger partial charge in [-0.25, -0.2) is 0 Å². The molecule has 3 nitrogen and oxygen atoms in total. The standard InChI is InChI=1S/C64H42N2O/c1-2-16-45(17-3-1)54-38-35-49(48-32-31-43-15-4-5-18-46(43)39-48)42-61(54)65(52-21-13-20-50(41-52)55-26-14-30-63-64(55)58-25-8-11-29-62(58)67-63)51-36-33-44(34-37-51)47-19-12-22-53(40-47)66-59-27-9-6-23-56(59)57-24-7-10-28-60(57)66/h1-42H. The predicted molar refractivity (Wildman–Crippen MR) is 282 cm³/mol. The minimum absolute atomic E-state index is 0.883. The van der Waals surface area contributed by atoms with E-state index in [1.165, 1.54) is 38.1 Å². The summed E-state index contributed by atoms with van der Waals surface area (Å²) in [5.41, 5.74) is 17.7.